The van der Waals surface area contributed by atoms with Gasteiger partial charge in [-0.05, 0) is 29.5 Å². The average Bonchev–Trinajstić information content (AvgIpc) is 2.60. The number of carbonyl (C=O) groups excluding carboxylic acids is 1. The van der Waals surface area contributed by atoms with E-state index in [0.717, 1.165) is 3.57 Å². The Morgan fingerprint density at radius 2 is 2.50 bits per heavy atom. The van der Waals surface area contributed by atoms with E-state index >= 15 is 0 Å². The maximum Gasteiger partial charge on any atom is 0.305 e. The number of hydrogen-bond donors (Lipinski definition) is 0. The number of hydrogen-bond acceptors (Lipinski definition) is 3. The zero-order valence-corrected chi connectivity index (χ0v) is 10.4. The average molecular weight is 308 g/mol. The molecule has 0 aromatic carbocycles. The highest BCUT2D eigenvalue weighted by Crippen LogP contribution is 2.08. The Labute approximate surface area is 96.8 Å². The maximum absolute atomic E-state index is 10.9. The lowest BCUT2D eigenvalue weighted by Crippen LogP contribution is -2.15. The Bertz CT molecular complexity index is 312. The fraction of sp³-hybridized carbons (Fsp3) is 0.556. The monoisotopic (exact) mass is 308 g/mol. The van der Waals surface area contributed by atoms with Crippen LogP contribution in [0.1, 0.15) is 26.3 Å². The van der Waals surface area contributed by atoms with Gasteiger partial charge in [0.15, 0.2) is 0 Å². The molecule has 0 aliphatic rings. The van der Waals surface area contributed by atoms with Gasteiger partial charge in [-0.15, -0.1) is 0 Å². The summed E-state index contributed by atoms with van der Waals surface area (Å²) in [7, 11) is 0. The van der Waals surface area contributed by atoms with Crippen molar-refractivity contribution < 1.29 is 9.53 Å². The molecule has 1 aromatic rings. The van der Waals surface area contributed by atoms with E-state index in [1.54, 1.807) is 17.8 Å². The SMILES string of the molecule is CCC(=O)OCC(C)n1cc(I)cn1. The van der Waals surface area contributed by atoms with Crippen LogP contribution in [0, 0.1) is 3.57 Å². The van der Waals surface area contributed by atoms with E-state index in [4.69, 9.17) is 4.74 Å². The number of esters is 1. The van der Waals surface area contributed by atoms with Crippen molar-refractivity contribution in [2.45, 2.75) is 26.3 Å². The minimum Gasteiger partial charge on any atom is -0.463 e. The van der Waals surface area contributed by atoms with Crippen molar-refractivity contribution in [1.29, 1.82) is 0 Å². The standard InChI is InChI=1S/C9H13IN2O2/c1-3-9(13)14-6-7(2)12-5-8(10)4-11-12/h4-5,7H,3,6H2,1-2H3. The van der Waals surface area contributed by atoms with Crippen LogP contribution in [0.2, 0.25) is 0 Å². The Kier molecular flexibility index (Phi) is 4.37. The molecule has 5 heteroatoms. The molecular formula is C9H13IN2O2. The number of ether oxygens (including phenoxy) is 1. The van der Waals surface area contributed by atoms with Crippen molar-refractivity contribution in [3.63, 3.8) is 0 Å². The van der Waals surface area contributed by atoms with Crippen molar-refractivity contribution >= 4 is 28.6 Å². The highest BCUT2D eigenvalue weighted by molar-refractivity contribution is 14.1. The maximum atomic E-state index is 10.9. The summed E-state index contributed by atoms with van der Waals surface area (Å²) in [5.41, 5.74) is 0. The van der Waals surface area contributed by atoms with Crippen LogP contribution in [0.3, 0.4) is 0 Å². The molecule has 14 heavy (non-hydrogen) atoms. The van der Waals surface area contributed by atoms with Gasteiger partial charge < -0.3 is 4.74 Å². The molecule has 0 fully saturated rings. The van der Waals surface area contributed by atoms with Crippen molar-refractivity contribution in [3.05, 3.63) is 16.0 Å². The zero-order valence-electron chi connectivity index (χ0n) is 8.24. The minimum absolute atomic E-state index is 0.0917. The van der Waals surface area contributed by atoms with E-state index in [9.17, 15) is 4.79 Å². The normalized spacial score (nSPS) is 12.5. The summed E-state index contributed by atoms with van der Waals surface area (Å²) < 4.78 is 7.89. The molecule has 1 rings (SSSR count). The van der Waals surface area contributed by atoms with Gasteiger partial charge in [0.25, 0.3) is 0 Å². The van der Waals surface area contributed by atoms with Crippen molar-refractivity contribution in [2.75, 3.05) is 6.61 Å². The molecule has 4 nitrogen and oxygen atoms in total. The minimum atomic E-state index is -0.168. The molecule has 0 amide bonds. The van der Waals surface area contributed by atoms with Gasteiger partial charge >= 0.3 is 5.97 Å². The van der Waals surface area contributed by atoms with Gasteiger partial charge in [0, 0.05) is 12.6 Å². The molecule has 0 aliphatic carbocycles. The Balaban J connectivity index is 2.42. The molecule has 1 aromatic heterocycles. The molecular weight excluding hydrogens is 295 g/mol. The lowest BCUT2D eigenvalue weighted by Gasteiger charge is -2.11. The smallest absolute Gasteiger partial charge is 0.305 e. The van der Waals surface area contributed by atoms with Crippen LogP contribution in [0.25, 0.3) is 0 Å². The second-order valence-electron chi connectivity index (χ2n) is 3.02. The van der Waals surface area contributed by atoms with Crippen LogP contribution in [-0.2, 0) is 9.53 Å². The summed E-state index contributed by atoms with van der Waals surface area (Å²) in [6, 6.07) is 0.0917. The molecule has 0 N–H and O–H groups in total. The third kappa shape index (κ3) is 3.28. The molecule has 0 radical (unpaired) electrons. The van der Waals surface area contributed by atoms with Crippen molar-refractivity contribution in [3.8, 4) is 0 Å². The number of halogens is 1. The third-order valence-electron chi connectivity index (χ3n) is 1.80. The molecule has 78 valence electrons. The highest BCUT2D eigenvalue weighted by atomic mass is 127. The Morgan fingerprint density at radius 1 is 1.79 bits per heavy atom. The summed E-state index contributed by atoms with van der Waals surface area (Å²) >= 11 is 2.19. The molecule has 0 saturated carbocycles. The number of carbonyl (C=O) groups is 1. The second-order valence-corrected chi connectivity index (χ2v) is 4.27. The van der Waals surface area contributed by atoms with E-state index in [2.05, 4.69) is 27.7 Å². The molecule has 0 spiro atoms. The van der Waals surface area contributed by atoms with Gasteiger partial charge in [-0.25, -0.2) is 0 Å². The van der Waals surface area contributed by atoms with Gasteiger partial charge in [-0.2, -0.15) is 5.10 Å². The number of nitrogens with zero attached hydrogens (tertiary/aromatic N) is 2. The summed E-state index contributed by atoms with van der Waals surface area (Å²) in [5, 5.41) is 4.14. The van der Waals surface area contributed by atoms with E-state index in [0.29, 0.717) is 13.0 Å². The quantitative estimate of drug-likeness (QED) is 0.631. The van der Waals surface area contributed by atoms with Crippen LogP contribution >= 0.6 is 22.6 Å². The predicted molar refractivity (Wildman–Crippen MR) is 60.9 cm³/mol. The Morgan fingerprint density at radius 3 is 3.00 bits per heavy atom. The van der Waals surface area contributed by atoms with Crippen LogP contribution in [0.4, 0.5) is 0 Å². The predicted octanol–water partition coefficient (Wildman–Crippen LogP) is 2.00. The van der Waals surface area contributed by atoms with Crippen LogP contribution in [-0.4, -0.2) is 22.4 Å². The van der Waals surface area contributed by atoms with Crippen molar-refractivity contribution in [1.82, 2.24) is 9.78 Å². The summed E-state index contributed by atoms with van der Waals surface area (Å²) in [6.45, 7) is 4.13. The number of rotatable bonds is 4. The Hall–Kier alpha value is -0.590. The summed E-state index contributed by atoms with van der Waals surface area (Å²) in [5.74, 6) is -0.168. The first-order valence-electron chi connectivity index (χ1n) is 4.48. The molecule has 1 atom stereocenters. The van der Waals surface area contributed by atoms with E-state index in [1.165, 1.54) is 0 Å². The largest absolute Gasteiger partial charge is 0.463 e. The number of aromatic nitrogens is 2. The van der Waals surface area contributed by atoms with Gasteiger partial charge in [-0.3, -0.25) is 9.48 Å². The topological polar surface area (TPSA) is 44.1 Å². The first-order valence-corrected chi connectivity index (χ1v) is 5.56. The molecule has 0 saturated heterocycles. The molecule has 1 heterocycles. The van der Waals surface area contributed by atoms with Crippen molar-refractivity contribution in [2.24, 2.45) is 0 Å². The summed E-state index contributed by atoms with van der Waals surface area (Å²) in [6.07, 6.45) is 4.12. The van der Waals surface area contributed by atoms with Gasteiger partial charge in [0.2, 0.25) is 0 Å². The molecule has 1 unspecified atom stereocenters. The van der Waals surface area contributed by atoms with Gasteiger partial charge in [0.05, 0.1) is 15.8 Å². The lowest BCUT2D eigenvalue weighted by atomic mass is 10.4. The lowest BCUT2D eigenvalue weighted by molar-refractivity contribution is -0.144. The van der Waals surface area contributed by atoms with Crippen LogP contribution < -0.4 is 0 Å². The van der Waals surface area contributed by atoms with Crippen LogP contribution in [0.5, 0.6) is 0 Å². The second kappa shape index (κ2) is 5.33. The van der Waals surface area contributed by atoms with Gasteiger partial charge in [0.1, 0.15) is 6.61 Å². The van der Waals surface area contributed by atoms with E-state index in [1.807, 2.05) is 13.1 Å². The first kappa shape index (κ1) is 11.5. The van der Waals surface area contributed by atoms with E-state index in [-0.39, 0.29) is 12.0 Å². The summed E-state index contributed by atoms with van der Waals surface area (Å²) in [4.78, 5) is 10.9. The highest BCUT2D eigenvalue weighted by Gasteiger charge is 2.08. The fourth-order valence-corrected chi connectivity index (χ4v) is 1.36. The zero-order chi connectivity index (χ0) is 10.6. The third-order valence-corrected chi connectivity index (χ3v) is 2.35. The fourth-order valence-electron chi connectivity index (χ4n) is 0.948. The van der Waals surface area contributed by atoms with E-state index < -0.39 is 0 Å². The first-order chi connectivity index (χ1) is 6.63. The van der Waals surface area contributed by atoms with Gasteiger partial charge in [-0.1, -0.05) is 6.92 Å². The molecule has 0 bridgehead atoms. The van der Waals surface area contributed by atoms with Crippen LogP contribution in [0.15, 0.2) is 12.4 Å². The molecule has 0 aliphatic heterocycles.